The maximum absolute atomic E-state index is 6.14. The number of rotatable bonds is 6. The molecule has 2 rings (SSSR count). The van der Waals surface area contributed by atoms with Crippen molar-refractivity contribution in [3.63, 3.8) is 0 Å². The smallest absolute Gasteiger partial charge is 0.237 e. The Bertz CT molecular complexity index is 576. The van der Waals surface area contributed by atoms with Gasteiger partial charge < -0.3 is 10.1 Å². The highest BCUT2D eigenvalue weighted by atomic mass is 35.5. The number of aryl methyl sites for hydroxylation is 2. The number of hydrogen-bond donors (Lipinski definition) is 1. The van der Waals surface area contributed by atoms with Crippen LogP contribution in [-0.2, 0) is 6.54 Å². The van der Waals surface area contributed by atoms with Crippen LogP contribution in [0.4, 0.5) is 0 Å². The molecule has 0 amide bonds. The minimum atomic E-state index is 0.482. The normalized spacial score (nSPS) is 10.7. The van der Waals surface area contributed by atoms with Crippen molar-refractivity contribution in [2.24, 2.45) is 0 Å². The Morgan fingerprint density at radius 2 is 1.86 bits per heavy atom. The van der Waals surface area contributed by atoms with E-state index in [9.17, 15) is 0 Å². The second-order valence-electron chi connectivity index (χ2n) is 5.00. The fourth-order valence-corrected chi connectivity index (χ4v) is 2.08. The van der Waals surface area contributed by atoms with Gasteiger partial charge in [-0.3, -0.25) is 4.98 Å². The Balaban J connectivity index is 2.03. The lowest BCUT2D eigenvalue weighted by Crippen LogP contribution is -2.14. The lowest BCUT2D eigenvalue weighted by Gasteiger charge is -2.09. The number of nitrogens with zero attached hydrogens (tertiary/aromatic N) is 2. The fourth-order valence-electron chi connectivity index (χ4n) is 1.97. The van der Waals surface area contributed by atoms with Gasteiger partial charge in [0.1, 0.15) is 5.75 Å². The molecule has 0 bridgehead atoms. The van der Waals surface area contributed by atoms with Gasteiger partial charge >= 0.3 is 0 Å². The number of halogens is 1. The average molecular weight is 306 g/mol. The molecule has 0 aliphatic heterocycles. The number of nitrogens with one attached hydrogen (secondary N) is 1. The fraction of sp³-hybridized carbons (Fsp3) is 0.375. The molecular weight excluding hydrogens is 286 g/mol. The van der Waals surface area contributed by atoms with Gasteiger partial charge in [-0.2, -0.15) is 0 Å². The van der Waals surface area contributed by atoms with E-state index in [4.69, 9.17) is 16.3 Å². The Hall–Kier alpha value is -1.65. The number of benzene rings is 1. The number of aromatic nitrogens is 2. The van der Waals surface area contributed by atoms with Crippen LogP contribution in [0.15, 0.2) is 24.5 Å². The summed E-state index contributed by atoms with van der Waals surface area (Å²) in [7, 11) is 0. The van der Waals surface area contributed by atoms with E-state index in [1.165, 1.54) is 0 Å². The largest absolute Gasteiger partial charge is 0.437 e. The van der Waals surface area contributed by atoms with Crippen molar-refractivity contribution < 1.29 is 4.74 Å². The molecule has 0 saturated heterocycles. The van der Waals surface area contributed by atoms with Crippen LogP contribution in [0.2, 0.25) is 5.02 Å². The van der Waals surface area contributed by atoms with Crippen LogP contribution in [0.1, 0.15) is 30.2 Å². The van der Waals surface area contributed by atoms with E-state index in [2.05, 4.69) is 22.2 Å². The van der Waals surface area contributed by atoms with Gasteiger partial charge in [-0.25, -0.2) is 4.98 Å². The van der Waals surface area contributed by atoms with Crippen LogP contribution >= 0.6 is 11.6 Å². The quantitative estimate of drug-likeness (QED) is 0.818. The zero-order chi connectivity index (χ0) is 15.2. The predicted octanol–water partition coefficient (Wildman–Crippen LogP) is 4.04. The molecule has 0 unspecified atom stereocenters. The molecule has 5 heteroatoms. The van der Waals surface area contributed by atoms with E-state index in [1.807, 2.05) is 26.0 Å². The van der Waals surface area contributed by atoms with E-state index >= 15 is 0 Å². The summed E-state index contributed by atoms with van der Waals surface area (Å²) in [5.74, 6) is 1.20. The van der Waals surface area contributed by atoms with E-state index in [-0.39, 0.29) is 0 Å². The molecule has 21 heavy (non-hydrogen) atoms. The highest BCUT2D eigenvalue weighted by molar-refractivity contribution is 6.32. The number of hydrogen-bond acceptors (Lipinski definition) is 4. The summed E-state index contributed by atoms with van der Waals surface area (Å²) in [6.45, 7) is 7.74. The van der Waals surface area contributed by atoms with Gasteiger partial charge in [-0.1, -0.05) is 18.5 Å². The molecular formula is C16H20ClN3O. The second-order valence-corrected chi connectivity index (χ2v) is 5.37. The van der Waals surface area contributed by atoms with Gasteiger partial charge in [0, 0.05) is 11.6 Å². The first-order valence-electron chi connectivity index (χ1n) is 7.06. The molecule has 0 aliphatic rings. The average Bonchev–Trinajstić information content (AvgIpc) is 2.47. The van der Waals surface area contributed by atoms with Gasteiger partial charge in [0.25, 0.3) is 0 Å². The summed E-state index contributed by atoms with van der Waals surface area (Å²) in [5.41, 5.74) is 2.87. The van der Waals surface area contributed by atoms with E-state index in [0.29, 0.717) is 5.88 Å². The van der Waals surface area contributed by atoms with Crippen LogP contribution in [0.5, 0.6) is 11.6 Å². The van der Waals surface area contributed by atoms with Crippen LogP contribution < -0.4 is 10.1 Å². The van der Waals surface area contributed by atoms with Crippen LogP contribution in [0.3, 0.4) is 0 Å². The molecule has 0 radical (unpaired) electrons. The first-order valence-corrected chi connectivity index (χ1v) is 7.44. The molecule has 1 aromatic carbocycles. The van der Waals surface area contributed by atoms with Crippen molar-refractivity contribution in [2.45, 2.75) is 33.7 Å². The first kappa shape index (κ1) is 15.7. The zero-order valence-electron chi connectivity index (χ0n) is 12.6. The lowest BCUT2D eigenvalue weighted by atomic mass is 10.1. The van der Waals surface area contributed by atoms with Crippen LogP contribution in [0.25, 0.3) is 0 Å². The summed E-state index contributed by atoms with van der Waals surface area (Å²) in [6, 6.07) is 3.79. The summed E-state index contributed by atoms with van der Waals surface area (Å²) >= 11 is 6.14. The maximum Gasteiger partial charge on any atom is 0.237 e. The van der Waals surface area contributed by atoms with Gasteiger partial charge in [-0.05, 0) is 50.1 Å². The third kappa shape index (κ3) is 4.41. The molecule has 0 saturated carbocycles. The summed E-state index contributed by atoms with van der Waals surface area (Å²) in [4.78, 5) is 8.61. The van der Waals surface area contributed by atoms with E-state index in [0.717, 1.165) is 47.1 Å². The molecule has 1 heterocycles. The van der Waals surface area contributed by atoms with Crippen molar-refractivity contribution in [3.8, 4) is 11.6 Å². The van der Waals surface area contributed by atoms with Crippen LogP contribution in [0, 0.1) is 13.8 Å². The first-order chi connectivity index (χ1) is 10.1. The standard InChI is InChI=1S/C16H20ClN3O/c1-4-5-18-8-13-9-20-15(10-19-13)21-14-6-11(2)16(17)12(3)7-14/h6-7,9-10,18H,4-5,8H2,1-3H3. The maximum atomic E-state index is 6.14. The Morgan fingerprint density at radius 1 is 1.14 bits per heavy atom. The predicted molar refractivity (Wildman–Crippen MR) is 85.0 cm³/mol. The van der Waals surface area contributed by atoms with Crippen molar-refractivity contribution >= 4 is 11.6 Å². The van der Waals surface area contributed by atoms with Gasteiger partial charge in [0.15, 0.2) is 0 Å². The molecule has 0 atom stereocenters. The minimum absolute atomic E-state index is 0.482. The summed E-state index contributed by atoms with van der Waals surface area (Å²) < 4.78 is 5.72. The molecule has 0 spiro atoms. The Labute approximate surface area is 130 Å². The molecule has 1 N–H and O–H groups in total. The van der Waals surface area contributed by atoms with Gasteiger partial charge in [0.05, 0.1) is 18.1 Å². The van der Waals surface area contributed by atoms with Gasteiger partial charge in [0.2, 0.25) is 5.88 Å². The topological polar surface area (TPSA) is 47.0 Å². The van der Waals surface area contributed by atoms with Crippen molar-refractivity contribution in [1.82, 2.24) is 15.3 Å². The molecule has 0 fully saturated rings. The third-order valence-corrected chi connectivity index (χ3v) is 3.64. The molecule has 1 aromatic heterocycles. The summed E-state index contributed by atoms with van der Waals surface area (Å²) in [6.07, 6.45) is 4.47. The van der Waals surface area contributed by atoms with Crippen molar-refractivity contribution in [1.29, 1.82) is 0 Å². The molecule has 4 nitrogen and oxygen atoms in total. The zero-order valence-corrected chi connectivity index (χ0v) is 13.4. The Kier molecular flexibility index (Phi) is 5.53. The highest BCUT2D eigenvalue weighted by Gasteiger charge is 2.06. The number of ether oxygens (including phenoxy) is 1. The monoisotopic (exact) mass is 305 g/mol. The van der Waals surface area contributed by atoms with Crippen molar-refractivity contribution in [3.05, 3.63) is 46.4 Å². The van der Waals surface area contributed by atoms with E-state index in [1.54, 1.807) is 12.4 Å². The van der Waals surface area contributed by atoms with Crippen molar-refractivity contribution in [2.75, 3.05) is 6.54 Å². The molecule has 2 aromatic rings. The Morgan fingerprint density at radius 3 is 2.43 bits per heavy atom. The minimum Gasteiger partial charge on any atom is -0.437 e. The highest BCUT2D eigenvalue weighted by Crippen LogP contribution is 2.28. The molecule has 112 valence electrons. The third-order valence-electron chi connectivity index (χ3n) is 3.05. The molecule has 0 aliphatic carbocycles. The second kappa shape index (κ2) is 7.38. The van der Waals surface area contributed by atoms with Crippen LogP contribution in [-0.4, -0.2) is 16.5 Å². The van der Waals surface area contributed by atoms with Gasteiger partial charge in [-0.15, -0.1) is 0 Å². The van der Waals surface area contributed by atoms with E-state index < -0.39 is 0 Å². The SMILES string of the molecule is CCCNCc1cnc(Oc2cc(C)c(Cl)c(C)c2)cn1. The summed E-state index contributed by atoms with van der Waals surface area (Å²) in [5, 5.41) is 4.05. The lowest BCUT2D eigenvalue weighted by molar-refractivity contribution is 0.458.